The van der Waals surface area contributed by atoms with Crippen molar-refractivity contribution in [2.75, 3.05) is 26.2 Å². The zero-order valence-electron chi connectivity index (χ0n) is 19.2. The molecule has 0 bridgehead atoms. The maximum atomic E-state index is 13.1. The van der Waals surface area contributed by atoms with Crippen molar-refractivity contribution in [1.82, 2.24) is 15.2 Å². The lowest BCUT2D eigenvalue weighted by molar-refractivity contribution is -0.137. The van der Waals surface area contributed by atoms with Crippen LogP contribution in [0, 0.1) is 5.92 Å². The van der Waals surface area contributed by atoms with Gasteiger partial charge in [0.15, 0.2) is 0 Å². The quantitative estimate of drug-likeness (QED) is 0.485. The molecule has 35 heavy (non-hydrogen) atoms. The number of nitrogens with zero attached hydrogens (tertiary/aromatic N) is 2. The number of rotatable bonds is 8. The summed E-state index contributed by atoms with van der Waals surface area (Å²) in [5.41, 5.74) is 0.410. The van der Waals surface area contributed by atoms with Gasteiger partial charge in [-0.05, 0) is 67.9 Å². The number of carbonyl (C=O) groups is 1. The Hall–Kier alpha value is -3.39. The zero-order chi connectivity index (χ0) is 24.7. The number of aromatic nitrogens is 1. The van der Waals surface area contributed by atoms with Crippen molar-refractivity contribution in [3.63, 3.8) is 0 Å². The van der Waals surface area contributed by atoms with Gasteiger partial charge >= 0.3 is 6.18 Å². The Morgan fingerprint density at radius 3 is 2.31 bits per heavy atom. The predicted molar refractivity (Wildman–Crippen MR) is 127 cm³/mol. The molecular weight excluding hydrogens is 455 g/mol. The van der Waals surface area contributed by atoms with E-state index in [-0.39, 0.29) is 11.8 Å². The van der Waals surface area contributed by atoms with Crippen molar-refractivity contribution in [3.8, 4) is 5.75 Å². The van der Waals surface area contributed by atoms with Crippen molar-refractivity contribution < 1.29 is 22.7 Å². The van der Waals surface area contributed by atoms with E-state index in [4.69, 9.17) is 4.74 Å². The maximum absolute atomic E-state index is 13.1. The van der Waals surface area contributed by atoms with Crippen LogP contribution in [0.5, 0.6) is 5.75 Å². The minimum atomic E-state index is -4.41. The fourth-order valence-corrected chi connectivity index (χ4v) is 4.23. The van der Waals surface area contributed by atoms with Crippen molar-refractivity contribution >= 4 is 5.91 Å². The molecule has 2 aromatic carbocycles. The number of amides is 1. The molecule has 0 saturated carbocycles. The number of hydrogen-bond donors (Lipinski definition) is 1. The number of hydrogen-bond acceptors (Lipinski definition) is 4. The van der Waals surface area contributed by atoms with Gasteiger partial charge in [0.1, 0.15) is 12.4 Å². The van der Waals surface area contributed by atoms with Gasteiger partial charge in [-0.25, -0.2) is 0 Å². The molecule has 1 atom stereocenters. The summed E-state index contributed by atoms with van der Waals surface area (Å²) in [5.74, 6) is 0.563. The Labute approximate surface area is 202 Å². The number of pyridine rings is 1. The Morgan fingerprint density at radius 1 is 1.00 bits per heavy atom. The van der Waals surface area contributed by atoms with Gasteiger partial charge in [0.2, 0.25) is 5.91 Å². The molecule has 1 saturated heterocycles. The maximum Gasteiger partial charge on any atom is 0.416 e. The SMILES string of the molecule is O=C(N[C@@H](c1ccc(C(F)(F)F)cc1)c1ccccn1)C1CCN(CCOc2ccccc2)CC1. The molecule has 3 aromatic rings. The van der Waals surface area contributed by atoms with Crippen LogP contribution in [-0.4, -0.2) is 42.0 Å². The van der Waals surface area contributed by atoms with E-state index in [0.717, 1.165) is 37.5 Å². The molecule has 1 aliphatic rings. The average Bonchev–Trinajstić information content (AvgIpc) is 2.88. The molecule has 1 N–H and O–H groups in total. The number of ether oxygens (including phenoxy) is 1. The first-order valence-corrected chi connectivity index (χ1v) is 11.7. The Morgan fingerprint density at radius 2 is 1.69 bits per heavy atom. The molecule has 1 aliphatic heterocycles. The second kappa shape index (κ2) is 11.4. The van der Waals surface area contributed by atoms with E-state index in [1.807, 2.05) is 30.3 Å². The van der Waals surface area contributed by atoms with Crippen molar-refractivity contribution in [2.24, 2.45) is 5.92 Å². The monoisotopic (exact) mass is 483 g/mol. The zero-order valence-corrected chi connectivity index (χ0v) is 19.2. The standard InChI is InChI=1S/C27H28F3N3O2/c28-27(29,30)22-11-9-20(10-12-22)25(24-8-4-5-15-31-24)32-26(34)21-13-16-33(17-14-21)18-19-35-23-6-2-1-3-7-23/h1-12,15,21,25H,13-14,16-19H2,(H,32,34)/t25-/m0/s1. The molecule has 1 aromatic heterocycles. The minimum Gasteiger partial charge on any atom is -0.492 e. The predicted octanol–water partition coefficient (Wildman–Crippen LogP) is 5.10. The Bertz CT molecular complexity index is 1070. The van der Waals surface area contributed by atoms with E-state index in [1.54, 1.807) is 24.4 Å². The molecule has 0 spiro atoms. The summed E-state index contributed by atoms with van der Waals surface area (Å²) in [6.45, 7) is 2.93. The van der Waals surface area contributed by atoms with Gasteiger partial charge in [-0.2, -0.15) is 13.2 Å². The summed E-state index contributed by atoms with van der Waals surface area (Å²) >= 11 is 0. The Balaban J connectivity index is 1.34. The van der Waals surface area contributed by atoms with Crippen LogP contribution in [0.3, 0.4) is 0 Å². The Kier molecular flexibility index (Phi) is 8.02. The molecule has 2 heterocycles. The second-order valence-corrected chi connectivity index (χ2v) is 8.59. The number of halogens is 3. The number of alkyl halides is 3. The summed E-state index contributed by atoms with van der Waals surface area (Å²) < 4.78 is 44.8. The summed E-state index contributed by atoms with van der Waals surface area (Å²) in [6, 6.07) is 19.2. The number of piperidine rings is 1. The van der Waals surface area contributed by atoms with E-state index in [0.29, 0.717) is 30.7 Å². The van der Waals surface area contributed by atoms with Crippen LogP contribution in [0.2, 0.25) is 0 Å². The van der Waals surface area contributed by atoms with E-state index in [9.17, 15) is 18.0 Å². The highest BCUT2D eigenvalue weighted by Gasteiger charge is 2.31. The lowest BCUT2D eigenvalue weighted by Crippen LogP contribution is -2.43. The second-order valence-electron chi connectivity index (χ2n) is 8.59. The first kappa shape index (κ1) is 24.7. The molecule has 1 amide bonds. The van der Waals surface area contributed by atoms with Crippen LogP contribution in [0.15, 0.2) is 79.0 Å². The molecule has 184 valence electrons. The molecular formula is C27H28F3N3O2. The van der Waals surface area contributed by atoms with E-state index in [1.165, 1.54) is 12.1 Å². The summed E-state index contributed by atoms with van der Waals surface area (Å²) in [6.07, 6.45) is -1.39. The first-order chi connectivity index (χ1) is 16.9. The van der Waals surface area contributed by atoms with E-state index < -0.39 is 17.8 Å². The van der Waals surface area contributed by atoms with Crippen molar-refractivity contribution in [1.29, 1.82) is 0 Å². The van der Waals surface area contributed by atoms with Crippen LogP contribution in [0.4, 0.5) is 13.2 Å². The molecule has 4 rings (SSSR count). The normalized spacial score (nSPS) is 16.0. The van der Waals surface area contributed by atoms with Gasteiger partial charge in [-0.1, -0.05) is 36.4 Å². The van der Waals surface area contributed by atoms with Gasteiger partial charge in [0.25, 0.3) is 0 Å². The molecule has 1 fully saturated rings. The molecule has 0 aliphatic carbocycles. The number of nitrogens with one attached hydrogen (secondary N) is 1. The van der Waals surface area contributed by atoms with Crippen LogP contribution in [0.25, 0.3) is 0 Å². The minimum absolute atomic E-state index is 0.110. The summed E-state index contributed by atoms with van der Waals surface area (Å²) in [5, 5.41) is 3.03. The highest BCUT2D eigenvalue weighted by Crippen LogP contribution is 2.31. The number of likely N-dealkylation sites (tertiary alicyclic amines) is 1. The smallest absolute Gasteiger partial charge is 0.416 e. The largest absolute Gasteiger partial charge is 0.492 e. The van der Waals surface area contributed by atoms with Crippen LogP contribution < -0.4 is 10.1 Å². The van der Waals surface area contributed by atoms with Crippen LogP contribution >= 0.6 is 0 Å². The number of para-hydroxylation sites is 1. The topological polar surface area (TPSA) is 54.5 Å². The van der Waals surface area contributed by atoms with Crippen LogP contribution in [-0.2, 0) is 11.0 Å². The van der Waals surface area contributed by atoms with Crippen molar-refractivity contribution in [2.45, 2.75) is 25.1 Å². The van der Waals surface area contributed by atoms with Gasteiger partial charge in [0.05, 0.1) is 17.3 Å². The van der Waals surface area contributed by atoms with Gasteiger partial charge in [0, 0.05) is 18.7 Å². The fourth-order valence-electron chi connectivity index (χ4n) is 4.23. The van der Waals surface area contributed by atoms with Gasteiger partial charge < -0.3 is 10.1 Å². The third-order valence-electron chi connectivity index (χ3n) is 6.22. The molecule has 0 radical (unpaired) electrons. The first-order valence-electron chi connectivity index (χ1n) is 11.7. The third-order valence-corrected chi connectivity index (χ3v) is 6.22. The van der Waals surface area contributed by atoms with E-state index in [2.05, 4.69) is 15.2 Å². The number of benzene rings is 2. The highest BCUT2D eigenvalue weighted by molar-refractivity contribution is 5.79. The lowest BCUT2D eigenvalue weighted by atomic mass is 9.94. The number of carbonyl (C=O) groups excluding carboxylic acids is 1. The molecule has 8 heteroatoms. The molecule has 5 nitrogen and oxygen atoms in total. The lowest BCUT2D eigenvalue weighted by Gasteiger charge is -2.32. The van der Waals surface area contributed by atoms with Crippen molar-refractivity contribution in [3.05, 3.63) is 95.8 Å². The van der Waals surface area contributed by atoms with E-state index >= 15 is 0 Å². The van der Waals surface area contributed by atoms with Gasteiger partial charge in [-0.3, -0.25) is 14.7 Å². The van der Waals surface area contributed by atoms with Crippen LogP contribution in [0.1, 0.15) is 35.7 Å². The van der Waals surface area contributed by atoms with Gasteiger partial charge in [-0.15, -0.1) is 0 Å². The highest BCUT2D eigenvalue weighted by atomic mass is 19.4. The molecule has 0 unspecified atom stereocenters. The summed E-state index contributed by atoms with van der Waals surface area (Å²) in [7, 11) is 0. The third kappa shape index (κ3) is 6.82. The summed E-state index contributed by atoms with van der Waals surface area (Å²) in [4.78, 5) is 19.7. The average molecular weight is 484 g/mol. The fraction of sp³-hybridized carbons (Fsp3) is 0.333.